The van der Waals surface area contributed by atoms with Gasteiger partial charge in [-0.25, -0.2) is 12.8 Å². The van der Waals surface area contributed by atoms with Crippen LogP contribution < -0.4 is 4.72 Å². The van der Waals surface area contributed by atoms with E-state index in [1.54, 1.807) is 0 Å². The Morgan fingerprint density at radius 2 is 1.68 bits per heavy atom. The van der Waals surface area contributed by atoms with Crippen molar-refractivity contribution in [1.29, 1.82) is 0 Å². The van der Waals surface area contributed by atoms with Crippen LogP contribution in [0.5, 0.6) is 0 Å². The maximum absolute atomic E-state index is 13.2. The molecule has 0 radical (unpaired) electrons. The quantitative estimate of drug-likeness (QED) is 0.836. The molecule has 0 aromatic heterocycles. The van der Waals surface area contributed by atoms with E-state index in [2.05, 4.69) is 0 Å². The molecule has 0 aliphatic carbocycles. The summed E-state index contributed by atoms with van der Waals surface area (Å²) in [5.74, 6) is -1.49. The van der Waals surface area contributed by atoms with Crippen molar-refractivity contribution >= 4 is 27.3 Å². The van der Waals surface area contributed by atoms with Gasteiger partial charge in [-0.1, -0.05) is 23.7 Å². The van der Waals surface area contributed by atoms with E-state index >= 15 is 0 Å². The van der Waals surface area contributed by atoms with Gasteiger partial charge in [0.25, 0.3) is 10.0 Å². The molecule has 1 N–H and O–H groups in total. The number of benzene rings is 2. The van der Waals surface area contributed by atoms with E-state index in [9.17, 15) is 26.0 Å². The Balaban J connectivity index is 2.41. The molecular weight excluding hydrogens is 346 g/mol. The predicted molar refractivity (Wildman–Crippen MR) is 73.7 cm³/mol. The number of alkyl halides is 3. The summed E-state index contributed by atoms with van der Waals surface area (Å²) in [6.07, 6.45) is -4.93. The van der Waals surface area contributed by atoms with Crippen LogP contribution in [0.2, 0.25) is 5.02 Å². The highest BCUT2D eigenvalue weighted by Crippen LogP contribution is 2.33. The normalized spacial score (nSPS) is 12.2. The average molecular weight is 354 g/mol. The van der Waals surface area contributed by atoms with Gasteiger partial charge in [-0.3, -0.25) is 4.72 Å². The van der Waals surface area contributed by atoms with Crippen molar-refractivity contribution in [1.82, 2.24) is 0 Å². The highest BCUT2D eigenvalue weighted by molar-refractivity contribution is 7.92. The maximum Gasteiger partial charge on any atom is 0.419 e. The van der Waals surface area contributed by atoms with Gasteiger partial charge in [-0.2, -0.15) is 13.2 Å². The molecule has 0 aliphatic heterocycles. The second kappa shape index (κ2) is 5.77. The number of rotatable bonds is 3. The zero-order valence-electron chi connectivity index (χ0n) is 10.7. The fraction of sp³-hybridized carbons (Fsp3) is 0.0769. The van der Waals surface area contributed by atoms with Crippen molar-refractivity contribution < 1.29 is 26.0 Å². The van der Waals surface area contributed by atoms with Gasteiger partial charge >= 0.3 is 6.18 Å². The second-order valence-corrected chi connectivity index (χ2v) is 6.29. The number of nitrogens with one attached hydrogen (secondary N) is 1. The van der Waals surface area contributed by atoms with Gasteiger partial charge in [0.15, 0.2) is 0 Å². The van der Waals surface area contributed by atoms with Crippen molar-refractivity contribution in [2.24, 2.45) is 0 Å². The van der Waals surface area contributed by atoms with E-state index in [1.165, 1.54) is 24.3 Å². The van der Waals surface area contributed by atoms with Crippen molar-refractivity contribution in [3.05, 3.63) is 58.9 Å². The van der Waals surface area contributed by atoms with Gasteiger partial charge in [-0.15, -0.1) is 0 Å². The molecule has 0 aliphatic rings. The van der Waals surface area contributed by atoms with Crippen molar-refractivity contribution in [2.75, 3.05) is 4.72 Å². The van der Waals surface area contributed by atoms with E-state index in [1.807, 2.05) is 4.72 Å². The van der Waals surface area contributed by atoms with Crippen LogP contribution in [0.15, 0.2) is 47.4 Å². The zero-order valence-corrected chi connectivity index (χ0v) is 12.2. The SMILES string of the molecule is O=S(=O)(Nc1ccc(F)c(C(F)(F)F)c1)c1ccccc1Cl. The Labute approximate surface area is 128 Å². The summed E-state index contributed by atoms with van der Waals surface area (Å²) in [5, 5.41) is -0.0897. The predicted octanol–water partition coefficient (Wildman–Crippen LogP) is 4.30. The summed E-state index contributed by atoms with van der Waals surface area (Å²) < 4.78 is 77.1. The van der Waals surface area contributed by atoms with Crippen LogP contribution in [-0.2, 0) is 16.2 Å². The summed E-state index contributed by atoms with van der Waals surface area (Å²) >= 11 is 5.74. The summed E-state index contributed by atoms with van der Waals surface area (Å²) in [5.41, 5.74) is -1.99. The average Bonchev–Trinajstić information content (AvgIpc) is 2.39. The third kappa shape index (κ3) is 3.50. The fourth-order valence-corrected chi connectivity index (χ4v) is 3.25. The third-order valence-corrected chi connectivity index (χ3v) is 4.53. The largest absolute Gasteiger partial charge is 0.419 e. The second-order valence-electron chi connectivity index (χ2n) is 4.23. The molecule has 0 amide bonds. The minimum atomic E-state index is -4.93. The molecule has 9 heteroatoms. The van der Waals surface area contributed by atoms with Crippen LogP contribution in [0, 0.1) is 5.82 Å². The van der Waals surface area contributed by atoms with Gasteiger partial charge in [0.1, 0.15) is 10.7 Å². The topological polar surface area (TPSA) is 46.2 Å². The number of hydrogen-bond donors (Lipinski definition) is 1. The van der Waals surface area contributed by atoms with E-state index in [0.717, 1.165) is 6.07 Å². The van der Waals surface area contributed by atoms with Crippen LogP contribution in [0.4, 0.5) is 23.2 Å². The Morgan fingerprint density at radius 3 is 2.27 bits per heavy atom. The Morgan fingerprint density at radius 1 is 1.05 bits per heavy atom. The molecule has 0 saturated carbocycles. The summed E-state index contributed by atoms with van der Waals surface area (Å²) in [6, 6.07) is 7.23. The molecule has 0 bridgehead atoms. The fourth-order valence-electron chi connectivity index (χ4n) is 1.68. The standard InChI is InChI=1S/C13H8ClF4NO2S/c14-10-3-1-2-4-12(10)22(20,21)19-8-5-6-11(15)9(7-8)13(16,17)18/h1-7,19H. The molecule has 0 atom stereocenters. The molecule has 3 nitrogen and oxygen atoms in total. The lowest BCUT2D eigenvalue weighted by molar-refractivity contribution is -0.139. The van der Waals surface area contributed by atoms with Crippen molar-refractivity contribution in [2.45, 2.75) is 11.1 Å². The van der Waals surface area contributed by atoms with Crippen LogP contribution in [0.1, 0.15) is 5.56 Å². The first-order valence-electron chi connectivity index (χ1n) is 5.75. The number of hydrogen-bond acceptors (Lipinski definition) is 2. The van der Waals surface area contributed by atoms with Crippen LogP contribution in [-0.4, -0.2) is 8.42 Å². The summed E-state index contributed by atoms with van der Waals surface area (Å²) in [4.78, 5) is -0.297. The van der Waals surface area contributed by atoms with E-state index in [4.69, 9.17) is 11.6 Å². The molecule has 22 heavy (non-hydrogen) atoms. The minimum absolute atomic E-state index is 0.0897. The van der Waals surface area contributed by atoms with Gasteiger partial charge in [0.2, 0.25) is 0 Å². The molecule has 118 valence electrons. The number of anilines is 1. The van der Waals surface area contributed by atoms with E-state index in [0.29, 0.717) is 12.1 Å². The lowest BCUT2D eigenvalue weighted by atomic mass is 10.2. The lowest BCUT2D eigenvalue weighted by Gasteiger charge is -2.12. The molecule has 2 aromatic rings. The van der Waals surface area contributed by atoms with Gasteiger partial charge in [0.05, 0.1) is 10.6 Å². The Kier molecular flexibility index (Phi) is 4.35. The third-order valence-electron chi connectivity index (χ3n) is 2.65. The molecule has 0 unspecified atom stereocenters. The zero-order chi connectivity index (χ0) is 16.5. The smallest absolute Gasteiger partial charge is 0.280 e. The first-order valence-corrected chi connectivity index (χ1v) is 7.61. The molecular formula is C13H8ClF4NO2S. The summed E-state index contributed by atoms with van der Waals surface area (Å²) in [7, 11) is -4.19. The van der Waals surface area contributed by atoms with Gasteiger partial charge < -0.3 is 0 Å². The highest BCUT2D eigenvalue weighted by atomic mass is 35.5. The monoisotopic (exact) mass is 353 g/mol. The van der Waals surface area contributed by atoms with E-state index in [-0.39, 0.29) is 9.92 Å². The van der Waals surface area contributed by atoms with Crippen LogP contribution in [0.3, 0.4) is 0 Å². The Hall–Kier alpha value is -1.80. The molecule has 2 aromatic carbocycles. The van der Waals surface area contributed by atoms with E-state index < -0.39 is 33.3 Å². The van der Waals surface area contributed by atoms with Crippen LogP contribution >= 0.6 is 11.6 Å². The summed E-state index contributed by atoms with van der Waals surface area (Å²) in [6.45, 7) is 0. The van der Waals surface area contributed by atoms with Gasteiger partial charge in [-0.05, 0) is 30.3 Å². The molecule has 0 saturated heterocycles. The Bertz CT molecular complexity index is 806. The van der Waals surface area contributed by atoms with Crippen molar-refractivity contribution in [3.63, 3.8) is 0 Å². The number of sulfonamides is 1. The molecule has 0 fully saturated rings. The number of halogens is 5. The van der Waals surface area contributed by atoms with Crippen LogP contribution in [0.25, 0.3) is 0 Å². The minimum Gasteiger partial charge on any atom is -0.280 e. The lowest BCUT2D eigenvalue weighted by Crippen LogP contribution is -2.15. The van der Waals surface area contributed by atoms with Crippen molar-refractivity contribution in [3.8, 4) is 0 Å². The maximum atomic E-state index is 13.2. The molecule has 2 rings (SSSR count). The molecule has 0 spiro atoms. The molecule has 0 heterocycles. The first-order chi connectivity index (χ1) is 10.1. The highest BCUT2D eigenvalue weighted by Gasteiger charge is 2.34. The van der Waals surface area contributed by atoms with Gasteiger partial charge in [0, 0.05) is 5.69 Å². The first kappa shape index (κ1) is 16.6.